The lowest BCUT2D eigenvalue weighted by Gasteiger charge is -2.18. The van der Waals surface area contributed by atoms with Crippen LogP contribution in [0.5, 0.6) is 5.75 Å². The first kappa shape index (κ1) is 14.9. The Hall–Kier alpha value is -0.550. The summed E-state index contributed by atoms with van der Waals surface area (Å²) in [5.41, 5.74) is 1.12. The van der Waals surface area contributed by atoms with Crippen LogP contribution in [0.3, 0.4) is 0 Å². The van der Waals surface area contributed by atoms with Gasteiger partial charge in [-0.15, -0.1) is 11.3 Å². The van der Waals surface area contributed by atoms with Gasteiger partial charge in [0.25, 0.3) is 0 Å². The molecule has 0 saturated carbocycles. The van der Waals surface area contributed by atoms with Crippen molar-refractivity contribution in [3.8, 4) is 5.75 Å². The van der Waals surface area contributed by atoms with E-state index >= 15 is 0 Å². The fraction of sp³-hybridized carbons (Fsp3) is 0.286. The molecule has 2 rings (SSSR count). The molecule has 102 valence electrons. The summed E-state index contributed by atoms with van der Waals surface area (Å²) in [5, 5.41) is 3.32. The predicted octanol–water partition coefficient (Wildman–Crippen LogP) is 4.87. The molecule has 1 heterocycles. The van der Waals surface area contributed by atoms with Crippen LogP contribution >= 0.6 is 38.9 Å². The molecule has 1 unspecified atom stereocenters. The number of thiophene rings is 1. The average molecular weight is 361 g/mol. The van der Waals surface area contributed by atoms with E-state index in [1.807, 2.05) is 32.2 Å². The van der Waals surface area contributed by atoms with Crippen LogP contribution in [0.1, 0.15) is 23.4 Å². The summed E-state index contributed by atoms with van der Waals surface area (Å²) in [5.74, 6) is 0.907. The lowest BCUT2D eigenvalue weighted by Crippen LogP contribution is -2.17. The summed E-state index contributed by atoms with van der Waals surface area (Å²) in [4.78, 5) is 1.16. The molecule has 1 N–H and O–H groups in total. The van der Waals surface area contributed by atoms with E-state index in [4.69, 9.17) is 16.3 Å². The number of benzene rings is 1. The Labute approximate surface area is 130 Å². The Morgan fingerprint density at radius 3 is 2.74 bits per heavy atom. The van der Waals surface area contributed by atoms with Gasteiger partial charge >= 0.3 is 0 Å². The minimum absolute atomic E-state index is 0.0801. The summed E-state index contributed by atoms with van der Waals surface area (Å²) in [6, 6.07) is 10.2. The lowest BCUT2D eigenvalue weighted by molar-refractivity contribution is 0.334. The van der Waals surface area contributed by atoms with Crippen molar-refractivity contribution < 1.29 is 4.74 Å². The third-order valence-corrected chi connectivity index (χ3v) is 5.31. The first-order valence-corrected chi connectivity index (χ1v) is 7.99. The van der Waals surface area contributed by atoms with E-state index in [0.29, 0.717) is 6.61 Å². The van der Waals surface area contributed by atoms with E-state index in [1.165, 1.54) is 0 Å². The van der Waals surface area contributed by atoms with Crippen LogP contribution in [0.25, 0.3) is 0 Å². The SMILES string of the molecule is CCOc1ccccc1C(NC)c1cc(Br)c(Cl)s1. The van der Waals surface area contributed by atoms with Crippen LogP contribution in [0.2, 0.25) is 4.34 Å². The van der Waals surface area contributed by atoms with Crippen molar-refractivity contribution in [2.75, 3.05) is 13.7 Å². The fourth-order valence-corrected chi connectivity index (χ4v) is 3.83. The summed E-state index contributed by atoms with van der Waals surface area (Å²) in [7, 11) is 1.94. The summed E-state index contributed by atoms with van der Waals surface area (Å²) in [6.45, 7) is 2.64. The Morgan fingerprint density at radius 1 is 1.42 bits per heavy atom. The molecule has 2 aromatic rings. The van der Waals surface area contributed by atoms with Gasteiger partial charge in [0.2, 0.25) is 0 Å². The van der Waals surface area contributed by atoms with Crippen molar-refractivity contribution in [2.45, 2.75) is 13.0 Å². The van der Waals surface area contributed by atoms with Gasteiger partial charge in [0.15, 0.2) is 0 Å². The van der Waals surface area contributed by atoms with Crippen molar-refractivity contribution in [1.82, 2.24) is 5.32 Å². The Bertz CT molecular complexity index is 539. The Balaban J connectivity index is 2.41. The number of rotatable bonds is 5. The summed E-state index contributed by atoms with van der Waals surface area (Å²) in [6.07, 6.45) is 0. The second-order valence-corrected chi connectivity index (χ2v) is 6.50. The number of hydrogen-bond donors (Lipinski definition) is 1. The molecule has 0 bridgehead atoms. The van der Waals surface area contributed by atoms with Crippen LogP contribution < -0.4 is 10.1 Å². The molecule has 0 aliphatic heterocycles. The van der Waals surface area contributed by atoms with E-state index in [0.717, 1.165) is 25.0 Å². The van der Waals surface area contributed by atoms with Gasteiger partial charge in [0.05, 0.1) is 12.6 Å². The molecule has 0 radical (unpaired) electrons. The lowest BCUT2D eigenvalue weighted by atomic mass is 10.0. The highest BCUT2D eigenvalue weighted by Gasteiger charge is 2.19. The maximum absolute atomic E-state index is 6.13. The van der Waals surface area contributed by atoms with Gasteiger partial charge in [-0.3, -0.25) is 0 Å². The van der Waals surface area contributed by atoms with Gasteiger partial charge in [-0.05, 0) is 42.0 Å². The zero-order valence-electron chi connectivity index (χ0n) is 10.7. The van der Waals surface area contributed by atoms with Gasteiger partial charge < -0.3 is 10.1 Å². The molecular weight excluding hydrogens is 346 g/mol. The van der Waals surface area contributed by atoms with Crippen LogP contribution in [0.4, 0.5) is 0 Å². The molecule has 2 nitrogen and oxygen atoms in total. The van der Waals surface area contributed by atoms with E-state index in [-0.39, 0.29) is 6.04 Å². The molecule has 0 aliphatic rings. The minimum Gasteiger partial charge on any atom is -0.494 e. The highest BCUT2D eigenvalue weighted by Crippen LogP contribution is 2.39. The second kappa shape index (κ2) is 6.75. The van der Waals surface area contributed by atoms with Gasteiger partial charge in [-0.25, -0.2) is 0 Å². The van der Waals surface area contributed by atoms with Crippen molar-refractivity contribution in [2.24, 2.45) is 0 Å². The molecule has 0 saturated heterocycles. The van der Waals surface area contributed by atoms with E-state index in [9.17, 15) is 0 Å². The maximum Gasteiger partial charge on any atom is 0.124 e. The number of ether oxygens (including phenoxy) is 1. The largest absolute Gasteiger partial charge is 0.494 e. The minimum atomic E-state index is 0.0801. The fourth-order valence-electron chi connectivity index (χ4n) is 1.96. The van der Waals surface area contributed by atoms with Gasteiger partial charge in [-0.1, -0.05) is 29.8 Å². The average Bonchev–Trinajstić information content (AvgIpc) is 2.73. The molecule has 0 aliphatic carbocycles. The molecular formula is C14H15BrClNOS. The number of para-hydroxylation sites is 1. The third kappa shape index (κ3) is 3.31. The van der Waals surface area contributed by atoms with Crippen molar-refractivity contribution >= 4 is 38.9 Å². The van der Waals surface area contributed by atoms with Crippen LogP contribution in [-0.2, 0) is 0 Å². The highest BCUT2D eigenvalue weighted by atomic mass is 79.9. The molecule has 0 amide bonds. The second-order valence-electron chi connectivity index (χ2n) is 3.96. The molecule has 1 aromatic carbocycles. The van der Waals surface area contributed by atoms with Gasteiger partial charge in [0, 0.05) is 14.9 Å². The summed E-state index contributed by atoms with van der Waals surface area (Å²) >= 11 is 11.2. The van der Waals surface area contributed by atoms with E-state index in [2.05, 4.69) is 33.4 Å². The van der Waals surface area contributed by atoms with Crippen LogP contribution in [0.15, 0.2) is 34.8 Å². The molecule has 1 aromatic heterocycles. The van der Waals surface area contributed by atoms with Crippen molar-refractivity contribution in [1.29, 1.82) is 0 Å². The Kier molecular flexibility index (Phi) is 5.28. The number of nitrogens with one attached hydrogen (secondary N) is 1. The van der Waals surface area contributed by atoms with Gasteiger partial charge in [-0.2, -0.15) is 0 Å². The highest BCUT2D eigenvalue weighted by molar-refractivity contribution is 9.10. The maximum atomic E-state index is 6.13. The van der Waals surface area contributed by atoms with Gasteiger partial charge in [0.1, 0.15) is 10.1 Å². The summed E-state index contributed by atoms with van der Waals surface area (Å²) < 4.78 is 7.40. The van der Waals surface area contributed by atoms with Crippen molar-refractivity contribution in [3.63, 3.8) is 0 Å². The van der Waals surface area contributed by atoms with Crippen molar-refractivity contribution in [3.05, 3.63) is 49.6 Å². The molecule has 5 heteroatoms. The predicted molar refractivity (Wildman–Crippen MR) is 85.5 cm³/mol. The molecule has 0 fully saturated rings. The zero-order valence-corrected chi connectivity index (χ0v) is 13.9. The first-order chi connectivity index (χ1) is 9.17. The third-order valence-electron chi connectivity index (χ3n) is 2.77. The van der Waals surface area contributed by atoms with Crippen LogP contribution in [0, 0.1) is 0 Å². The van der Waals surface area contributed by atoms with E-state index < -0.39 is 0 Å². The standard InChI is InChI=1S/C14H15BrClNOS/c1-3-18-11-7-5-4-6-9(11)13(17-2)12-8-10(15)14(16)19-12/h4-8,13,17H,3H2,1-2H3. The molecule has 19 heavy (non-hydrogen) atoms. The number of hydrogen-bond acceptors (Lipinski definition) is 3. The first-order valence-electron chi connectivity index (χ1n) is 6.01. The molecule has 0 spiro atoms. The monoisotopic (exact) mass is 359 g/mol. The topological polar surface area (TPSA) is 21.3 Å². The smallest absolute Gasteiger partial charge is 0.124 e. The normalized spacial score (nSPS) is 12.4. The van der Waals surface area contributed by atoms with Crippen LogP contribution in [-0.4, -0.2) is 13.7 Å². The zero-order chi connectivity index (χ0) is 13.8. The molecule has 1 atom stereocenters. The van der Waals surface area contributed by atoms with E-state index in [1.54, 1.807) is 11.3 Å². The number of halogens is 2. The quantitative estimate of drug-likeness (QED) is 0.821. The Morgan fingerprint density at radius 2 is 2.16 bits per heavy atom.